The molecule has 0 aliphatic rings. The van der Waals surface area contributed by atoms with Crippen molar-refractivity contribution < 1.29 is 19.1 Å². The van der Waals surface area contributed by atoms with Gasteiger partial charge in [-0.05, 0) is 89.5 Å². The molecule has 1 rings (SSSR count). The molecule has 2 N–H and O–H groups in total. The van der Waals surface area contributed by atoms with E-state index in [1.807, 2.05) is 45.2 Å². The average Bonchev–Trinajstić information content (AvgIpc) is 2.88. The van der Waals surface area contributed by atoms with Crippen LogP contribution < -0.4 is 10.6 Å². The lowest BCUT2D eigenvalue weighted by Crippen LogP contribution is -2.54. The van der Waals surface area contributed by atoms with Gasteiger partial charge in [-0.3, -0.25) is 9.59 Å². The number of thioether (sulfide) groups is 1. The molecule has 0 bridgehead atoms. The molecule has 3 amide bonds. The number of carbonyl (C=O) groups is 3. The number of nitrogens with one attached hydrogen (secondary N) is 2. The Labute approximate surface area is 254 Å². The minimum atomic E-state index is -0.800. The molecule has 3 atom stereocenters. The van der Waals surface area contributed by atoms with Gasteiger partial charge in [-0.25, -0.2) is 4.79 Å². The summed E-state index contributed by atoms with van der Waals surface area (Å²) in [7, 11) is 0. The van der Waals surface area contributed by atoms with Crippen LogP contribution >= 0.6 is 11.8 Å². The van der Waals surface area contributed by atoms with E-state index in [0.717, 1.165) is 55.2 Å². The highest BCUT2D eigenvalue weighted by atomic mass is 32.2. The monoisotopic (exact) mass is 591 g/mol. The molecule has 8 heteroatoms. The largest absolute Gasteiger partial charge is 0.444 e. The first kappa shape index (κ1) is 36.8. The molecule has 41 heavy (non-hydrogen) atoms. The van der Waals surface area contributed by atoms with Crippen LogP contribution in [0.3, 0.4) is 0 Å². The molecule has 0 radical (unpaired) electrons. The van der Waals surface area contributed by atoms with E-state index in [2.05, 4.69) is 24.5 Å². The second kappa shape index (κ2) is 19.1. The molecule has 234 valence electrons. The van der Waals surface area contributed by atoms with E-state index < -0.39 is 23.8 Å². The summed E-state index contributed by atoms with van der Waals surface area (Å²) in [4.78, 5) is 43.0. The molecule has 0 heterocycles. The molecule has 7 nitrogen and oxygen atoms in total. The van der Waals surface area contributed by atoms with E-state index in [1.54, 1.807) is 37.4 Å². The minimum absolute atomic E-state index is 0.0155. The van der Waals surface area contributed by atoms with Gasteiger partial charge < -0.3 is 20.3 Å². The second-order valence-electron chi connectivity index (χ2n) is 12.2. The molecule has 0 aliphatic heterocycles. The number of benzene rings is 1. The number of hydrogen-bond donors (Lipinski definition) is 2. The zero-order valence-electron chi connectivity index (χ0n) is 27.2. The first-order chi connectivity index (χ1) is 19.4. The van der Waals surface area contributed by atoms with Crippen molar-refractivity contribution in [3.63, 3.8) is 0 Å². The lowest BCUT2D eigenvalue weighted by Gasteiger charge is -2.36. The molecule has 0 spiro atoms. The van der Waals surface area contributed by atoms with Gasteiger partial charge in [0.15, 0.2) is 0 Å². The Balaban J connectivity index is 3.53. The Morgan fingerprint density at radius 1 is 0.951 bits per heavy atom. The summed E-state index contributed by atoms with van der Waals surface area (Å²) >= 11 is 1.62. The first-order valence-electron chi connectivity index (χ1n) is 15.5. The number of nitrogens with zero attached hydrogens (tertiary/aromatic N) is 1. The van der Waals surface area contributed by atoms with Gasteiger partial charge in [0.25, 0.3) is 0 Å². The van der Waals surface area contributed by atoms with Crippen LogP contribution in [0.15, 0.2) is 18.2 Å². The molecule has 3 unspecified atom stereocenters. The van der Waals surface area contributed by atoms with E-state index in [9.17, 15) is 14.4 Å². The summed E-state index contributed by atoms with van der Waals surface area (Å²) in [5, 5.41) is 6.03. The van der Waals surface area contributed by atoms with Crippen molar-refractivity contribution in [1.29, 1.82) is 0 Å². The van der Waals surface area contributed by atoms with E-state index in [1.165, 1.54) is 12.8 Å². The molecule has 1 aromatic carbocycles. The van der Waals surface area contributed by atoms with Crippen LogP contribution in [-0.2, 0) is 14.3 Å². The predicted octanol–water partition coefficient (Wildman–Crippen LogP) is 7.48. The quantitative estimate of drug-likeness (QED) is 0.173. The molecule has 0 fully saturated rings. The second-order valence-corrected chi connectivity index (χ2v) is 13.2. The Morgan fingerprint density at radius 2 is 1.61 bits per heavy atom. The highest BCUT2D eigenvalue weighted by Crippen LogP contribution is 2.29. The third kappa shape index (κ3) is 13.5. The fraction of sp³-hybridized carbons (Fsp3) is 0.727. The van der Waals surface area contributed by atoms with Crippen LogP contribution in [0.1, 0.15) is 122 Å². The normalized spacial score (nSPS) is 13.7. The first-order valence-corrected chi connectivity index (χ1v) is 16.9. The number of unbranched alkanes of at least 4 members (excludes halogenated alkanes) is 5. The summed E-state index contributed by atoms with van der Waals surface area (Å²) in [6.07, 6.45) is 9.99. The van der Waals surface area contributed by atoms with Gasteiger partial charge in [-0.15, -0.1) is 0 Å². The predicted molar refractivity (Wildman–Crippen MR) is 172 cm³/mol. The molecular weight excluding hydrogens is 534 g/mol. The van der Waals surface area contributed by atoms with Crippen molar-refractivity contribution in [2.24, 2.45) is 0 Å². The number of carbonyl (C=O) groups excluding carboxylic acids is 3. The van der Waals surface area contributed by atoms with Crippen LogP contribution in [0, 0.1) is 13.8 Å². The number of aryl methyl sites for hydroxylation is 1. The summed E-state index contributed by atoms with van der Waals surface area (Å²) in [6, 6.07) is 4.32. The Hall–Kier alpha value is -2.22. The summed E-state index contributed by atoms with van der Waals surface area (Å²) < 4.78 is 5.51. The van der Waals surface area contributed by atoms with Crippen molar-refractivity contribution >= 4 is 29.7 Å². The Morgan fingerprint density at radius 3 is 2.22 bits per heavy atom. The topological polar surface area (TPSA) is 87.7 Å². The van der Waals surface area contributed by atoms with Gasteiger partial charge in [-0.1, -0.05) is 70.6 Å². The summed E-state index contributed by atoms with van der Waals surface area (Å²) in [5.74, 6) is 0.257. The molecule has 1 aromatic rings. The van der Waals surface area contributed by atoms with Gasteiger partial charge in [0.05, 0.1) is 0 Å². The highest BCUT2D eigenvalue weighted by molar-refractivity contribution is 7.98. The van der Waals surface area contributed by atoms with E-state index >= 15 is 0 Å². The van der Waals surface area contributed by atoms with Gasteiger partial charge in [0, 0.05) is 12.6 Å². The van der Waals surface area contributed by atoms with E-state index in [4.69, 9.17) is 4.74 Å². The lowest BCUT2D eigenvalue weighted by molar-refractivity contribution is -0.143. The molecule has 0 aromatic heterocycles. The van der Waals surface area contributed by atoms with Gasteiger partial charge in [-0.2, -0.15) is 11.8 Å². The van der Waals surface area contributed by atoms with E-state index in [0.29, 0.717) is 18.7 Å². The lowest BCUT2D eigenvalue weighted by atomic mass is 9.94. The van der Waals surface area contributed by atoms with Crippen molar-refractivity contribution in [3.8, 4) is 0 Å². The number of hydrogen-bond acceptors (Lipinski definition) is 5. The number of rotatable bonds is 18. The number of ether oxygens (including phenoxy) is 1. The van der Waals surface area contributed by atoms with Crippen LogP contribution in [0.2, 0.25) is 0 Å². The highest BCUT2D eigenvalue weighted by Gasteiger charge is 2.37. The Bertz CT molecular complexity index is 947. The van der Waals surface area contributed by atoms with Crippen LogP contribution in [-0.4, -0.2) is 59.0 Å². The van der Waals surface area contributed by atoms with Crippen LogP contribution in [0.5, 0.6) is 0 Å². The minimum Gasteiger partial charge on any atom is -0.444 e. The number of alkyl carbamates (subject to hydrolysis) is 1. The molecule has 0 saturated carbocycles. The van der Waals surface area contributed by atoms with Crippen LogP contribution in [0.4, 0.5) is 4.79 Å². The average molecular weight is 592 g/mol. The summed E-state index contributed by atoms with van der Waals surface area (Å²) in [6.45, 7) is 16.2. The zero-order chi connectivity index (χ0) is 31.0. The fourth-order valence-corrected chi connectivity index (χ4v) is 5.39. The van der Waals surface area contributed by atoms with Gasteiger partial charge in [0.1, 0.15) is 17.7 Å². The molecule has 0 aliphatic carbocycles. The smallest absolute Gasteiger partial charge is 0.408 e. The SMILES string of the molecule is CCCCCCCCN(C(=O)C(CCSC)NC(=O)OC(C)(C)C)C(C(=O)NC(C)CCC)c1cccc(C)c1C. The molecule has 0 saturated heterocycles. The van der Waals surface area contributed by atoms with Crippen molar-refractivity contribution in [1.82, 2.24) is 15.5 Å². The van der Waals surface area contributed by atoms with Gasteiger partial charge in [0.2, 0.25) is 11.8 Å². The number of amides is 3. The maximum Gasteiger partial charge on any atom is 0.408 e. The van der Waals surface area contributed by atoms with Crippen molar-refractivity contribution in [2.75, 3.05) is 18.6 Å². The maximum atomic E-state index is 14.4. The third-order valence-corrected chi connectivity index (χ3v) is 7.89. The van der Waals surface area contributed by atoms with Crippen LogP contribution in [0.25, 0.3) is 0 Å². The zero-order valence-corrected chi connectivity index (χ0v) is 28.0. The fourth-order valence-electron chi connectivity index (χ4n) is 4.92. The Kier molecular flexibility index (Phi) is 17.1. The standard InChI is InChI=1S/C33H57N3O4S/c1-10-12-13-14-15-16-22-36(31(38)28(21-23-41-9)35-32(39)40-33(6,7)8)29(30(37)34-25(4)18-11-2)27-20-17-19-24(3)26(27)5/h17,19-20,25,28-29H,10-16,18,21-23H2,1-9H3,(H,34,37)(H,35,39). The third-order valence-electron chi connectivity index (χ3n) is 7.25. The maximum absolute atomic E-state index is 14.4. The summed E-state index contributed by atoms with van der Waals surface area (Å²) in [5.41, 5.74) is 2.20. The van der Waals surface area contributed by atoms with E-state index in [-0.39, 0.29) is 17.9 Å². The van der Waals surface area contributed by atoms with Crippen molar-refractivity contribution in [2.45, 2.75) is 137 Å². The molecular formula is C33H57N3O4S. The van der Waals surface area contributed by atoms with Gasteiger partial charge >= 0.3 is 6.09 Å². The van der Waals surface area contributed by atoms with Crippen molar-refractivity contribution in [3.05, 3.63) is 34.9 Å².